The zero-order valence-corrected chi connectivity index (χ0v) is 8.86. The first-order valence-corrected chi connectivity index (χ1v) is 5.40. The SMILES string of the molecule is COP(=O)(O)N=C1N(C)CCN1C. The Hall–Kier alpha value is -0.580. The zero-order chi connectivity index (χ0) is 10.1. The summed E-state index contributed by atoms with van der Waals surface area (Å²) in [6.45, 7) is 1.61. The Bertz CT molecular complexity index is 256. The van der Waals surface area contributed by atoms with E-state index < -0.39 is 7.75 Å². The van der Waals surface area contributed by atoms with Crippen LogP contribution in [0.25, 0.3) is 0 Å². The third-order valence-electron chi connectivity index (χ3n) is 1.91. The summed E-state index contributed by atoms with van der Waals surface area (Å²) in [6, 6.07) is 0. The Morgan fingerprint density at radius 3 is 2.31 bits per heavy atom. The second-order valence-corrected chi connectivity index (χ2v) is 4.46. The molecule has 6 nitrogen and oxygen atoms in total. The average molecular weight is 207 g/mol. The molecule has 13 heavy (non-hydrogen) atoms. The lowest BCUT2D eigenvalue weighted by Gasteiger charge is -2.16. The van der Waals surface area contributed by atoms with Gasteiger partial charge in [0.05, 0.1) is 0 Å². The van der Waals surface area contributed by atoms with Gasteiger partial charge in [-0.2, -0.15) is 0 Å². The lowest BCUT2D eigenvalue weighted by Crippen LogP contribution is -2.28. The van der Waals surface area contributed by atoms with Gasteiger partial charge in [-0.05, 0) is 0 Å². The summed E-state index contributed by atoms with van der Waals surface area (Å²) >= 11 is 0. The Morgan fingerprint density at radius 1 is 1.46 bits per heavy atom. The van der Waals surface area contributed by atoms with Crippen LogP contribution in [0, 0.1) is 0 Å². The van der Waals surface area contributed by atoms with Gasteiger partial charge in [0.2, 0.25) is 5.96 Å². The van der Waals surface area contributed by atoms with Crippen LogP contribution in [0.15, 0.2) is 4.76 Å². The molecule has 76 valence electrons. The van der Waals surface area contributed by atoms with Crippen LogP contribution in [0.4, 0.5) is 0 Å². The predicted molar refractivity (Wildman–Crippen MR) is 49.5 cm³/mol. The highest BCUT2D eigenvalue weighted by Crippen LogP contribution is 2.43. The van der Waals surface area contributed by atoms with Crippen LogP contribution in [0.3, 0.4) is 0 Å². The average Bonchev–Trinajstić information content (AvgIpc) is 2.36. The monoisotopic (exact) mass is 207 g/mol. The molecule has 0 saturated carbocycles. The molecule has 1 aliphatic heterocycles. The van der Waals surface area contributed by atoms with Crippen LogP contribution >= 0.6 is 7.75 Å². The van der Waals surface area contributed by atoms with Gasteiger partial charge in [0.1, 0.15) is 0 Å². The van der Waals surface area contributed by atoms with Crippen molar-refractivity contribution in [3.63, 3.8) is 0 Å². The first kappa shape index (κ1) is 10.5. The fourth-order valence-corrected chi connectivity index (χ4v) is 1.71. The van der Waals surface area contributed by atoms with Crippen molar-refractivity contribution in [3.8, 4) is 0 Å². The number of likely N-dealkylation sites (N-methyl/N-ethyl adjacent to an activating group) is 2. The molecule has 1 heterocycles. The lowest BCUT2D eigenvalue weighted by molar-refractivity contribution is 0.316. The van der Waals surface area contributed by atoms with Crippen molar-refractivity contribution < 1.29 is 14.0 Å². The fourth-order valence-electron chi connectivity index (χ4n) is 1.10. The highest BCUT2D eigenvalue weighted by Gasteiger charge is 2.25. The van der Waals surface area contributed by atoms with Gasteiger partial charge in [-0.1, -0.05) is 0 Å². The summed E-state index contributed by atoms with van der Waals surface area (Å²) < 4.78 is 19.1. The third-order valence-corrected chi connectivity index (χ3v) is 2.81. The molecule has 0 aromatic heterocycles. The van der Waals surface area contributed by atoms with Crippen LogP contribution in [-0.2, 0) is 9.09 Å². The molecule has 0 aromatic rings. The van der Waals surface area contributed by atoms with E-state index in [0.29, 0.717) is 5.96 Å². The smallest absolute Gasteiger partial charge is 0.344 e. The molecule has 1 atom stereocenters. The normalized spacial score (nSPS) is 22.0. The Morgan fingerprint density at radius 2 is 1.92 bits per heavy atom. The van der Waals surface area contributed by atoms with E-state index in [2.05, 4.69) is 9.29 Å². The molecule has 0 aliphatic carbocycles. The maximum Gasteiger partial charge on any atom is 0.454 e. The minimum absolute atomic E-state index is 0.493. The largest absolute Gasteiger partial charge is 0.454 e. The Kier molecular flexibility index (Phi) is 2.95. The van der Waals surface area contributed by atoms with E-state index in [9.17, 15) is 4.57 Å². The second-order valence-electron chi connectivity index (χ2n) is 2.92. The minimum Gasteiger partial charge on any atom is -0.344 e. The van der Waals surface area contributed by atoms with Crippen molar-refractivity contribution in [3.05, 3.63) is 0 Å². The van der Waals surface area contributed by atoms with Gasteiger partial charge in [0.25, 0.3) is 0 Å². The number of hydrogen-bond donors (Lipinski definition) is 1. The minimum atomic E-state index is -3.79. The number of hydrogen-bond acceptors (Lipinski definition) is 2. The highest BCUT2D eigenvalue weighted by atomic mass is 31.2. The molecule has 1 saturated heterocycles. The number of guanidine groups is 1. The van der Waals surface area contributed by atoms with Gasteiger partial charge in [-0.25, -0.2) is 4.57 Å². The van der Waals surface area contributed by atoms with Crippen LogP contribution < -0.4 is 0 Å². The molecule has 0 bridgehead atoms. The van der Waals surface area contributed by atoms with E-state index in [1.54, 1.807) is 0 Å². The van der Waals surface area contributed by atoms with E-state index in [1.807, 2.05) is 23.9 Å². The van der Waals surface area contributed by atoms with Crippen LogP contribution in [-0.4, -0.2) is 54.9 Å². The molecule has 1 rings (SSSR count). The van der Waals surface area contributed by atoms with Gasteiger partial charge < -0.3 is 14.7 Å². The molecule has 1 fully saturated rings. The van der Waals surface area contributed by atoms with Crippen molar-refractivity contribution in [2.45, 2.75) is 0 Å². The summed E-state index contributed by atoms with van der Waals surface area (Å²) in [6.07, 6.45) is 0. The highest BCUT2D eigenvalue weighted by molar-refractivity contribution is 7.51. The first-order chi connectivity index (χ1) is 5.96. The van der Waals surface area contributed by atoms with Gasteiger partial charge in [0, 0.05) is 34.3 Å². The molecule has 1 N–H and O–H groups in total. The first-order valence-electron chi connectivity index (χ1n) is 3.87. The molecular weight excluding hydrogens is 193 g/mol. The Balaban J connectivity index is 2.86. The summed E-state index contributed by atoms with van der Waals surface area (Å²) in [5.41, 5.74) is 0. The van der Waals surface area contributed by atoms with E-state index in [0.717, 1.165) is 13.1 Å². The predicted octanol–water partition coefficient (Wildman–Crippen LogP) is -0.0336. The third kappa shape index (κ3) is 2.43. The quantitative estimate of drug-likeness (QED) is 0.644. The molecule has 1 unspecified atom stereocenters. The van der Waals surface area contributed by atoms with Gasteiger partial charge in [-0.3, -0.25) is 4.52 Å². The van der Waals surface area contributed by atoms with Crippen molar-refractivity contribution >= 4 is 13.7 Å². The van der Waals surface area contributed by atoms with Crippen molar-refractivity contribution in [2.24, 2.45) is 4.76 Å². The van der Waals surface area contributed by atoms with Crippen LogP contribution in [0.1, 0.15) is 0 Å². The molecule has 0 spiro atoms. The zero-order valence-electron chi connectivity index (χ0n) is 7.97. The van der Waals surface area contributed by atoms with E-state index in [4.69, 9.17) is 4.89 Å². The van der Waals surface area contributed by atoms with Gasteiger partial charge in [0.15, 0.2) is 0 Å². The number of rotatable bonds is 2. The second kappa shape index (κ2) is 3.65. The van der Waals surface area contributed by atoms with Gasteiger partial charge >= 0.3 is 7.75 Å². The van der Waals surface area contributed by atoms with Gasteiger partial charge in [-0.15, -0.1) is 4.76 Å². The molecule has 0 radical (unpaired) electrons. The maximum atomic E-state index is 11.1. The van der Waals surface area contributed by atoms with Crippen molar-refractivity contribution in [1.82, 2.24) is 9.80 Å². The van der Waals surface area contributed by atoms with Crippen LogP contribution in [0.5, 0.6) is 0 Å². The standard InChI is InChI=1S/C6H14N3O3P/c1-8-4-5-9(2)6(8)7-13(10,11)12-3/h4-5H2,1-3H3,(H,10,11). The molecule has 0 aromatic carbocycles. The molecule has 7 heteroatoms. The summed E-state index contributed by atoms with van der Waals surface area (Å²) in [7, 11) is 1.01. The number of nitrogens with zero attached hydrogens (tertiary/aromatic N) is 3. The summed E-state index contributed by atoms with van der Waals surface area (Å²) in [5, 5.41) is 0. The van der Waals surface area contributed by atoms with Crippen molar-refractivity contribution in [2.75, 3.05) is 34.3 Å². The molecule has 0 amide bonds. The molecule has 1 aliphatic rings. The topological polar surface area (TPSA) is 65.4 Å². The lowest BCUT2D eigenvalue weighted by atomic mass is 10.6. The fraction of sp³-hybridized carbons (Fsp3) is 0.833. The van der Waals surface area contributed by atoms with Crippen LogP contribution in [0.2, 0.25) is 0 Å². The van der Waals surface area contributed by atoms with E-state index in [-0.39, 0.29) is 0 Å². The summed E-state index contributed by atoms with van der Waals surface area (Å²) in [5.74, 6) is 0.493. The van der Waals surface area contributed by atoms with Crippen molar-refractivity contribution in [1.29, 1.82) is 0 Å². The Labute approximate surface area is 77.4 Å². The maximum absolute atomic E-state index is 11.1. The summed E-state index contributed by atoms with van der Waals surface area (Å²) in [4.78, 5) is 12.7. The van der Waals surface area contributed by atoms with E-state index >= 15 is 0 Å². The molecular formula is C6H14N3O3P. The van der Waals surface area contributed by atoms with E-state index in [1.165, 1.54) is 7.11 Å².